The van der Waals surface area contributed by atoms with E-state index in [0.29, 0.717) is 12.1 Å². The highest BCUT2D eigenvalue weighted by Crippen LogP contribution is 2.21. The molecule has 0 unspecified atom stereocenters. The zero-order valence-electron chi connectivity index (χ0n) is 10.1. The van der Waals surface area contributed by atoms with Gasteiger partial charge in [0.25, 0.3) is 5.91 Å². The van der Waals surface area contributed by atoms with E-state index >= 15 is 0 Å². The molecule has 0 radical (unpaired) electrons. The van der Waals surface area contributed by atoms with E-state index < -0.39 is 0 Å². The number of nitrogens with two attached hydrogens (primary N) is 1. The van der Waals surface area contributed by atoms with Crippen LogP contribution in [0.15, 0.2) is 46.9 Å². The van der Waals surface area contributed by atoms with Crippen LogP contribution in [0.2, 0.25) is 0 Å². The van der Waals surface area contributed by atoms with E-state index in [2.05, 4.69) is 21.2 Å². The molecule has 1 amide bonds. The third kappa shape index (κ3) is 3.26. The van der Waals surface area contributed by atoms with E-state index in [-0.39, 0.29) is 17.3 Å². The second kappa shape index (κ2) is 5.75. The number of amides is 1. The van der Waals surface area contributed by atoms with Crippen LogP contribution in [0.4, 0.5) is 5.69 Å². The summed E-state index contributed by atoms with van der Waals surface area (Å²) >= 11 is 3.42. The lowest BCUT2D eigenvalue weighted by Crippen LogP contribution is -2.22. The first kappa shape index (κ1) is 13.4. The van der Waals surface area contributed by atoms with Gasteiger partial charge in [0.15, 0.2) is 0 Å². The number of hydrogen-bond acceptors (Lipinski definition) is 3. The highest BCUT2D eigenvalue weighted by Gasteiger charge is 2.08. The lowest BCUT2D eigenvalue weighted by molar-refractivity contribution is 0.0950. The smallest absolute Gasteiger partial charge is 0.251 e. The molecule has 0 aliphatic rings. The number of phenols is 1. The molecule has 0 aromatic heterocycles. The van der Waals surface area contributed by atoms with Crippen molar-refractivity contribution in [3.63, 3.8) is 0 Å². The van der Waals surface area contributed by atoms with Crippen LogP contribution in [0.3, 0.4) is 0 Å². The van der Waals surface area contributed by atoms with Gasteiger partial charge in [0.05, 0.1) is 5.69 Å². The number of nitrogens with one attached hydrogen (secondary N) is 1. The summed E-state index contributed by atoms with van der Waals surface area (Å²) in [5.41, 5.74) is 7.09. The average Bonchev–Trinajstić information content (AvgIpc) is 2.40. The summed E-state index contributed by atoms with van der Waals surface area (Å²) in [4.78, 5) is 11.9. The Balaban J connectivity index is 2.05. The highest BCUT2D eigenvalue weighted by molar-refractivity contribution is 9.10. The Morgan fingerprint density at radius 3 is 2.68 bits per heavy atom. The summed E-state index contributed by atoms with van der Waals surface area (Å²) in [7, 11) is 0. The topological polar surface area (TPSA) is 75.4 Å². The highest BCUT2D eigenvalue weighted by atomic mass is 79.9. The van der Waals surface area contributed by atoms with Crippen LogP contribution in [-0.2, 0) is 6.54 Å². The number of benzene rings is 2. The van der Waals surface area contributed by atoms with Crippen LogP contribution in [0.25, 0.3) is 0 Å². The van der Waals surface area contributed by atoms with Crippen LogP contribution in [0.1, 0.15) is 15.9 Å². The summed E-state index contributed by atoms with van der Waals surface area (Å²) in [6.07, 6.45) is 0. The molecule has 2 aromatic rings. The number of aromatic hydroxyl groups is 1. The molecule has 0 aliphatic carbocycles. The van der Waals surface area contributed by atoms with Crippen molar-refractivity contribution in [2.75, 3.05) is 5.73 Å². The molecule has 0 bridgehead atoms. The molecule has 19 heavy (non-hydrogen) atoms. The van der Waals surface area contributed by atoms with E-state index in [9.17, 15) is 9.90 Å². The largest absolute Gasteiger partial charge is 0.506 e. The number of anilines is 1. The van der Waals surface area contributed by atoms with Gasteiger partial charge in [0.2, 0.25) is 0 Å². The summed E-state index contributed by atoms with van der Waals surface area (Å²) in [5.74, 6) is -0.348. The first-order valence-electron chi connectivity index (χ1n) is 5.68. The van der Waals surface area contributed by atoms with Gasteiger partial charge in [-0.1, -0.05) is 34.1 Å². The fourth-order valence-corrected chi connectivity index (χ4v) is 2.03. The number of halogens is 1. The maximum Gasteiger partial charge on any atom is 0.251 e. The van der Waals surface area contributed by atoms with Crippen LogP contribution in [-0.4, -0.2) is 11.0 Å². The minimum absolute atomic E-state index is 0.0893. The molecule has 4 nitrogen and oxygen atoms in total. The molecule has 0 atom stereocenters. The molecule has 4 N–H and O–H groups in total. The van der Waals surface area contributed by atoms with Crippen LogP contribution < -0.4 is 11.1 Å². The van der Waals surface area contributed by atoms with E-state index in [0.717, 1.165) is 10.0 Å². The van der Waals surface area contributed by atoms with Gasteiger partial charge in [-0.15, -0.1) is 0 Å². The molecule has 0 aliphatic heterocycles. The van der Waals surface area contributed by atoms with Crippen molar-refractivity contribution in [3.05, 3.63) is 58.1 Å². The van der Waals surface area contributed by atoms with Crippen LogP contribution in [0.5, 0.6) is 5.75 Å². The normalized spacial score (nSPS) is 10.2. The van der Waals surface area contributed by atoms with E-state index in [1.165, 1.54) is 12.1 Å². The summed E-state index contributed by atoms with van der Waals surface area (Å²) in [6.45, 7) is 0.408. The molecule has 2 aromatic carbocycles. The van der Waals surface area contributed by atoms with E-state index in [1.807, 2.05) is 24.3 Å². The van der Waals surface area contributed by atoms with Crippen molar-refractivity contribution in [3.8, 4) is 5.75 Å². The zero-order chi connectivity index (χ0) is 13.8. The molecular weight excluding hydrogens is 308 g/mol. The third-order valence-corrected chi connectivity index (χ3v) is 3.46. The number of carbonyl (C=O) groups is 1. The standard InChI is InChI=1S/C14H13BrN2O2/c15-11-4-2-1-3-10(11)8-17-14(19)9-5-6-12(16)13(18)7-9/h1-7,18H,8,16H2,(H,17,19). The SMILES string of the molecule is Nc1ccc(C(=O)NCc2ccccc2Br)cc1O. The minimum atomic E-state index is -0.258. The number of hydrogen-bond donors (Lipinski definition) is 3. The first-order valence-corrected chi connectivity index (χ1v) is 6.47. The second-order valence-electron chi connectivity index (χ2n) is 4.05. The van der Waals surface area contributed by atoms with E-state index in [4.69, 9.17) is 5.73 Å². The molecule has 0 fully saturated rings. The fourth-order valence-electron chi connectivity index (χ4n) is 1.60. The predicted molar refractivity (Wildman–Crippen MR) is 77.8 cm³/mol. The molecule has 0 saturated heterocycles. The number of rotatable bonds is 3. The molecule has 0 heterocycles. The van der Waals surface area contributed by atoms with E-state index in [1.54, 1.807) is 6.07 Å². The Morgan fingerprint density at radius 2 is 2.00 bits per heavy atom. The summed E-state index contributed by atoms with van der Waals surface area (Å²) < 4.78 is 0.940. The lowest BCUT2D eigenvalue weighted by Gasteiger charge is -2.08. The monoisotopic (exact) mass is 320 g/mol. The van der Waals surface area contributed by atoms with Crippen molar-refractivity contribution in [2.24, 2.45) is 0 Å². The van der Waals surface area contributed by atoms with Crippen molar-refractivity contribution in [1.82, 2.24) is 5.32 Å². The Kier molecular flexibility index (Phi) is 4.06. The van der Waals surface area contributed by atoms with Crippen molar-refractivity contribution in [2.45, 2.75) is 6.54 Å². The zero-order valence-corrected chi connectivity index (χ0v) is 11.6. The maximum atomic E-state index is 11.9. The predicted octanol–water partition coefficient (Wildman–Crippen LogP) is 2.67. The van der Waals surface area contributed by atoms with Gasteiger partial charge in [-0.3, -0.25) is 4.79 Å². The Bertz CT molecular complexity index is 614. The average molecular weight is 321 g/mol. The minimum Gasteiger partial charge on any atom is -0.506 e. The number of phenolic OH excluding ortho intramolecular Hbond substituents is 1. The molecule has 0 saturated carbocycles. The second-order valence-corrected chi connectivity index (χ2v) is 4.90. The van der Waals surface area contributed by atoms with Gasteiger partial charge in [-0.05, 0) is 29.8 Å². The Labute approximate surface area is 119 Å². The van der Waals surface area contributed by atoms with Gasteiger partial charge in [-0.25, -0.2) is 0 Å². The van der Waals surface area contributed by atoms with Gasteiger partial charge in [-0.2, -0.15) is 0 Å². The summed E-state index contributed by atoms with van der Waals surface area (Å²) in [5, 5.41) is 12.2. The van der Waals surface area contributed by atoms with Crippen molar-refractivity contribution in [1.29, 1.82) is 0 Å². The maximum absolute atomic E-state index is 11.9. The molecule has 0 spiro atoms. The Morgan fingerprint density at radius 1 is 1.26 bits per heavy atom. The lowest BCUT2D eigenvalue weighted by atomic mass is 10.1. The number of nitrogen functional groups attached to an aromatic ring is 1. The van der Waals surface area contributed by atoms with Crippen molar-refractivity contribution < 1.29 is 9.90 Å². The molecular formula is C14H13BrN2O2. The fraction of sp³-hybridized carbons (Fsp3) is 0.0714. The third-order valence-electron chi connectivity index (χ3n) is 2.69. The van der Waals surface area contributed by atoms with Gasteiger partial charge in [0, 0.05) is 16.6 Å². The van der Waals surface area contributed by atoms with Crippen LogP contribution in [0, 0.1) is 0 Å². The quantitative estimate of drug-likeness (QED) is 0.601. The van der Waals surface area contributed by atoms with Gasteiger partial charge < -0.3 is 16.2 Å². The molecule has 98 valence electrons. The Hall–Kier alpha value is -2.01. The number of carbonyl (C=O) groups excluding carboxylic acids is 1. The molecule has 5 heteroatoms. The van der Waals surface area contributed by atoms with Gasteiger partial charge >= 0.3 is 0 Å². The van der Waals surface area contributed by atoms with Crippen molar-refractivity contribution >= 4 is 27.5 Å². The van der Waals surface area contributed by atoms with Gasteiger partial charge in [0.1, 0.15) is 5.75 Å². The summed E-state index contributed by atoms with van der Waals surface area (Å²) in [6, 6.07) is 12.1. The first-order chi connectivity index (χ1) is 9.08. The van der Waals surface area contributed by atoms with Crippen LogP contribution >= 0.6 is 15.9 Å². The molecule has 2 rings (SSSR count).